The Balaban J connectivity index is 1.31. The zero-order valence-electron chi connectivity index (χ0n) is 14.6. The van der Waals surface area contributed by atoms with E-state index in [0.717, 1.165) is 17.2 Å². The second kappa shape index (κ2) is 8.84. The van der Waals surface area contributed by atoms with Gasteiger partial charge in [-0.25, -0.2) is 4.79 Å². The van der Waals surface area contributed by atoms with Crippen LogP contribution < -0.4 is 29.6 Å². The Bertz CT molecular complexity index is 720. The molecule has 138 valence electrons. The molecule has 1 atom stereocenters. The first kappa shape index (κ1) is 17.7. The van der Waals surface area contributed by atoms with Crippen molar-refractivity contribution in [2.75, 3.05) is 33.4 Å². The molecule has 2 amide bonds. The van der Waals surface area contributed by atoms with Gasteiger partial charge in [-0.2, -0.15) is 0 Å². The van der Waals surface area contributed by atoms with Gasteiger partial charge in [0.25, 0.3) is 0 Å². The van der Waals surface area contributed by atoms with Gasteiger partial charge in [0.2, 0.25) is 0 Å². The molecule has 1 aliphatic rings. The molecule has 1 aliphatic heterocycles. The third kappa shape index (κ3) is 4.95. The lowest BCUT2D eigenvalue weighted by molar-refractivity contribution is 0.0918. The van der Waals surface area contributed by atoms with Gasteiger partial charge in [0, 0.05) is 0 Å². The lowest BCUT2D eigenvalue weighted by Gasteiger charge is -2.26. The number of urea groups is 1. The monoisotopic (exact) mass is 358 g/mol. The third-order valence-electron chi connectivity index (χ3n) is 3.77. The maximum absolute atomic E-state index is 11.8. The molecule has 0 bridgehead atoms. The highest BCUT2D eigenvalue weighted by molar-refractivity contribution is 5.73. The second-order valence-electron chi connectivity index (χ2n) is 5.66. The zero-order chi connectivity index (χ0) is 18.2. The summed E-state index contributed by atoms with van der Waals surface area (Å²) in [6.07, 6.45) is -0.216. The van der Waals surface area contributed by atoms with E-state index >= 15 is 0 Å². The highest BCUT2D eigenvalue weighted by Crippen LogP contribution is 2.30. The standard InChI is InChI=1S/C19H22N2O5/c1-23-14-6-8-15(9-7-14)24-11-10-20-19(22)21-12-16-13-25-17-4-2-3-5-18(17)26-16/h2-9,16H,10-13H2,1H3,(H2,20,21,22). The number of fused-ring (bicyclic) bond motifs is 1. The lowest BCUT2D eigenvalue weighted by atomic mass is 10.2. The summed E-state index contributed by atoms with van der Waals surface area (Å²) in [4.78, 5) is 11.8. The van der Waals surface area contributed by atoms with Gasteiger partial charge < -0.3 is 29.6 Å². The van der Waals surface area contributed by atoms with Crippen LogP contribution in [-0.4, -0.2) is 45.5 Å². The molecule has 0 aromatic heterocycles. The van der Waals surface area contributed by atoms with Gasteiger partial charge in [0.05, 0.1) is 20.2 Å². The number of carbonyl (C=O) groups is 1. The summed E-state index contributed by atoms with van der Waals surface area (Å²) >= 11 is 0. The van der Waals surface area contributed by atoms with Crippen LogP contribution in [0.25, 0.3) is 0 Å². The lowest BCUT2D eigenvalue weighted by Crippen LogP contribution is -2.45. The second-order valence-corrected chi connectivity index (χ2v) is 5.66. The zero-order valence-corrected chi connectivity index (χ0v) is 14.6. The van der Waals surface area contributed by atoms with Gasteiger partial charge in [-0.1, -0.05) is 12.1 Å². The van der Waals surface area contributed by atoms with Crippen LogP contribution in [0.2, 0.25) is 0 Å². The van der Waals surface area contributed by atoms with Crippen molar-refractivity contribution in [2.24, 2.45) is 0 Å². The summed E-state index contributed by atoms with van der Waals surface area (Å²) in [5, 5.41) is 5.51. The van der Waals surface area contributed by atoms with Gasteiger partial charge in [-0.15, -0.1) is 0 Å². The minimum absolute atomic E-state index is 0.216. The Morgan fingerprint density at radius 3 is 2.58 bits per heavy atom. The molecule has 1 heterocycles. The first-order valence-electron chi connectivity index (χ1n) is 8.41. The molecule has 2 aromatic rings. The Labute approximate surface area is 152 Å². The van der Waals surface area contributed by atoms with Crippen LogP contribution in [0.5, 0.6) is 23.0 Å². The van der Waals surface area contributed by atoms with Gasteiger partial charge in [0.15, 0.2) is 17.6 Å². The minimum Gasteiger partial charge on any atom is -0.497 e. The van der Waals surface area contributed by atoms with Crippen molar-refractivity contribution in [3.8, 4) is 23.0 Å². The maximum atomic E-state index is 11.8. The maximum Gasteiger partial charge on any atom is 0.315 e. The van der Waals surface area contributed by atoms with E-state index in [4.69, 9.17) is 18.9 Å². The Morgan fingerprint density at radius 1 is 1.08 bits per heavy atom. The molecular weight excluding hydrogens is 336 g/mol. The molecule has 0 fully saturated rings. The molecule has 26 heavy (non-hydrogen) atoms. The fourth-order valence-corrected chi connectivity index (χ4v) is 2.44. The fraction of sp³-hybridized carbons (Fsp3) is 0.316. The van der Waals surface area contributed by atoms with Crippen LogP contribution >= 0.6 is 0 Å². The summed E-state index contributed by atoms with van der Waals surface area (Å²) in [6, 6.07) is 14.5. The minimum atomic E-state index is -0.272. The average molecular weight is 358 g/mol. The van der Waals surface area contributed by atoms with E-state index in [-0.39, 0.29) is 12.1 Å². The van der Waals surface area contributed by atoms with E-state index in [0.29, 0.717) is 32.1 Å². The van der Waals surface area contributed by atoms with E-state index in [9.17, 15) is 4.79 Å². The van der Waals surface area contributed by atoms with Crippen LogP contribution in [0.15, 0.2) is 48.5 Å². The molecule has 0 radical (unpaired) electrons. The SMILES string of the molecule is COc1ccc(OCCNC(=O)NCC2COc3ccccc3O2)cc1. The molecule has 2 aromatic carbocycles. The summed E-state index contributed by atoms with van der Waals surface area (Å²) in [6.45, 7) is 1.52. The highest BCUT2D eigenvalue weighted by atomic mass is 16.6. The van der Waals surface area contributed by atoms with Gasteiger partial charge in [0.1, 0.15) is 24.7 Å². The third-order valence-corrected chi connectivity index (χ3v) is 3.77. The molecule has 7 nitrogen and oxygen atoms in total. The Kier molecular flexibility index (Phi) is 6.03. The average Bonchev–Trinajstić information content (AvgIpc) is 2.70. The molecule has 0 saturated carbocycles. The van der Waals surface area contributed by atoms with E-state index in [1.54, 1.807) is 7.11 Å². The van der Waals surface area contributed by atoms with Gasteiger partial charge in [-0.05, 0) is 36.4 Å². The molecule has 0 saturated heterocycles. The molecule has 0 spiro atoms. The van der Waals surface area contributed by atoms with Crippen LogP contribution in [0, 0.1) is 0 Å². The summed E-state index contributed by atoms with van der Waals surface area (Å²) in [7, 11) is 1.61. The van der Waals surface area contributed by atoms with Crippen LogP contribution in [0.4, 0.5) is 4.79 Å². The van der Waals surface area contributed by atoms with Crippen molar-refractivity contribution in [3.05, 3.63) is 48.5 Å². The highest BCUT2D eigenvalue weighted by Gasteiger charge is 2.20. The summed E-state index contributed by atoms with van der Waals surface area (Å²) < 4.78 is 22.0. The summed E-state index contributed by atoms with van der Waals surface area (Å²) in [5.41, 5.74) is 0. The van der Waals surface area contributed by atoms with Crippen molar-refractivity contribution < 1.29 is 23.7 Å². The fourth-order valence-electron chi connectivity index (χ4n) is 2.44. The normalized spacial score (nSPS) is 15.0. The Hall–Kier alpha value is -3.09. The van der Waals surface area contributed by atoms with Gasteiger partial charge in [-0.3, -0.25) is 0 Å². The first-order valence-corrected chi connectivity index (χ1v) is 8.41. The van der Waals surface area contributed by atoms with Crippen LogP contribution in [-0.2, 0) is 0 Å². The van der Waals surface area contributed by atoms with E-state index < -0.39 is 0 Å². The topological polar surface area (TPSA) is 78.1 Å². The van der Waals surface area contributed by atoms with Crippen LogP contribution in [0.3, 0.4) is 0 Å². The molecule has 0 aliphatic carbocycles. The predicted octanol–water partition coefficient (Wildman–Crippen LogP) is 2.21. The quantitative estimate of drug-likeness (QED) is 0.742. The van der Waals surface area contributed by atoms with Crippen molar-refractivity contribution in [2.45, 2.75) is 6.10 Å². The summed E-state index contributed by atoms with van der Waals surface area (Å²) in [5.74, 6) is 2.91. The number of carbonyl (C=O) groups excluding carboxylic acids is 1. The number of benzene rings is 2. The molecular formula is C19H22N2O5. The molecule has 3 rings (SSSR count). The number of rotatable bonds is 7. The number of methoxy groups -OCH3 is 1. The number of nitrogens with one attached hydrogen (secondary N) is 2. The predicted molar refractivity (Wildman–Crippen MR) is 96.2 cm³/mol. The van der Waals surface area contributed by atoms with Crippen molar-refractivity contribution >= 4 is 6.03 Å². The van der Waals surface area contributed by atoms with E-state index in [2.05, 4.69) is 10.6 Å². The van der Waals surface area contributed by atoms with E-state index in [1.165, 1.54) is 0 Å². The number of amides is 2. The molecule has 1 unspecified atom stereocenters. The largest absolute Gasteiger partial charge is 0.497 e. The van der Waals surface area contributed by atoms with Crippen LogP contribution in [0.1, 0.15) is 0 Å². The Morgan fingerprint density at radius 2 is 1.81 bits per heavy atom. The van der Waals surface area contributed by atoms with Crippen molar-refractivity contribution in [3.63, 3.8) is 0 Å². The van der Waals surface area contributed by atoms with E-state index in [1.807, 2.05) is 48.5 Å². The molecule has 7 heteroatoms. The molecule has 2 N–H and O–H groups in total. The van der Waals surface area contributed by atoms with Crippen molar-refractivity contribution in [1.29, 1.82) is 0 Å². The van der Waals surface area contributed by atoms with Gasteiger partial charge >= 0.3 is 6.03 Å². The number of ether oxygens (including phenoxy) is 4. The smallest absolute Gasteiger partial charge is 0.315 e. The number of hydrogen-bond donors (Lipinski definition) is 2. The van der Waals surface area contributed by atoms with Crippen molar-refractivity contribution in [1.82, 2.24) is 10.6 Å². The number of para-hydroxylation sites is 2. The number of hydrogen-bond acceptors (Lipinski definition) is 5. The first-order chi connectivity index (χ1) is 12.7.